The Morgan fingerprint density at radius 1 is 1.28 bits per heavy atom. The van der Waals surface area contributed by atoms with Crippen LogP contribution in [0.3, 0.4) is 0 Å². The summed E-state index contributed by atoms with van der Waals surface area (Å²) in [5.74, 6) is -0.907. The van der Waals surface area contributed by atoms with E-state index in [0.717, 1.165) is 4.57 Å². The van der Waals surface area contributed by atoms with Crippen LogP contribution in [0, 0.1) is 5.82 Å². The van der Waals surface area contributed by atoms with E-state index in [9.17, 15) is 18.2 Å². The van der Waals surface area contributed by atoms with E-state index in [1.54, 1.807) is 36.1 Å². The second kappa shape index (κ2) is 11.9. The average Bonchev–Trinajstić information content (AvgIpc) is 3.30. The van der Waals surface area contributed by atoms with Gasteiger partial charge >= 0.3 is 5.97 Å². The Morgan fingerprint density at radius 3 is 2.61 bits per heavy atom. The third-order valence-corrected chi connectivity index (χ3v) is 7.13. The second-order valence-corrected chi connectivity index (χ2v) is 11.4. The van der Waals surface area contributed by atoms with E-state index in [4.69, 9.17) is 9.47 Å². The molecule has 194 valence electrons. The topological polar surface area (TPSA) is 117 Å². The zero-order valence-corrected chi connectivity index (χ0v) is 22.6. The van der Waals surface area contributed by atoms with Crippen LogP contribution < -0.4 is 15.0 Å². The third-order valence-electron chi connectivity index (χ3n) is 4.84. The van der Waals surface area contributed by atoms with E-state index in [1.807, 2.05) is 20.8 Å². The van der Waals surface area contributed by atoms with Gasteiger partial charge in [-0.25, -0.2) is 23.0 Å². The van der Waals surface area contributed by atoms with Gasteiger partial charge in [0, 0.05) is 11.8 Å². The highest BCUT2D eigenvalue weighted by molar-refractivity contribution is 9.10. The molecule has 2 heterocycles. The molecule has 0 aliphatic carbocycles. The molecule has 0 aliphatic rings. The van der Waals surface area contributed by atoms with Crippen LogP contribution in [0.5, 0.6) is 5.88 Å². The number of carbonyl (C=O) groups is 1. The molecular weight excluding hydrogens is 557 g/mol. The van der Waals surface area contributed by atoms with Crippen molar-refractivity contribution in [3.8, 4) is 11.6 Å². The van der Waals surface area contributed by atoms with Crippen molar-refractivity contribution < 1.29 is 22.9 Å². The zero-order valence-electron chi connectivity index (χ0n) is 20.2. The summed E-state index contributed by atoms with van der Waals surface area (Å²) < 4.78 is 42.0. The van der Waals surface area contributed by atoms with Gasteiger partial charge in [0.05, 0.1) is 40.3 Å². The Labute approximate surface area is 218 Å². The molecule has 1 N–H and O–H groups in total. The van der Waals surface area contributed by atoms with Crippen molar-refractivity contribution in [2.24, 2.45) is 0 Å². The van der Waals surface area contributed by atoms with Gasteiger partial charge in [0.15, 0.2) is 0 Å². The van der Waals surface area contributed by atoms with Gasteiger partial charge in [-0.05, 0) is 67.9 Å². The minimum absolute atomic E-state index is 0.0133. The number of hydrogen-bond acceptors (Lipinski definition) is 7. The molecular formula is C23H27BrFN5O5S. The molecule has 0 fully saturated rings. The Balaban J connectivity index is 1.82. The summed E-state index contributed by atoms with van der Waals surface area (Å²) >= 11 is 3.19. The number of hydrogen-bond donors (Lipinski definition) is 1. The molecule has 0 saturated heterocycles. The number of rotatable bonds is 10. The van der Waals surface area contributed by atoms with E-state index in [1.165, 1.54) is 18.5 Å². The molecule has 0 aliphatic heterocycles. The molecule has 0 saturated carbocycles. The molecule has 0 radical (unpaired) electrons. The van der Waals surface area contributed by atoms with E-state index in [0.29, 0.717) is 11.3 Å². The van der Waals surface area contributed by atoms with Crippen molar-refractivity contribution in [3.63, 3.8) is 0 Å². The minimum Gasteiger partial charge on any atom is -0.475 e. The maximum atomic E-state index is 13.3. The van der Waals surface area contributed by atoms with Gasteiger partial charge in [-0.1, -0.05) is 0 Å². The maximum Gasteiger partial charge on any atom is 0.326 e. The molecule has 0 bridgehead atoms. The van der Waals surface area contributed by atoms with Crippen LogP contribution in [0.2, 0.25) is 0 Å². The summed E-state index contributed by atoms with van der Waals surface area (Å²) in [5, 5.41) is 4.33. The number of benzene rings is 1. The Morgan fingerprint density at radius 2 is 1.97 bits per heavy atom. The summed E-state index contributed by atoms with van der Waals surface area (Å²) in [7, 11) is -1.45. The lowest BCUT2D eigenvalue weighted by molar-refractivity contribution is -0.143. The maximum absolute atomic E-state index is 13.3. The summed E-state index contributed by atoms with van der Waals surface area (Å²) in [4.78, 5) is 28.5. The average molecular weight is 584 g/mol. The van der Waals surface area contributed by atoms with Crippen LogP contribution in [0.1, 0.15) is 39.3 Å². The summed E-state index contributed by atoms with van der Waals surface area (Å²) in [6.45, 7) is 7.05. The van der Waals surface area contributed by atoms with Gasteiger partial charge < -0.3 is 9.47 Å². The number of nitrogens with zero attached hydrogens (tertiary/aromatic N) is 4. The van der Waals surface area contributed by atoms with Gasteiger partial charge in [0.25, 0.3) is 5.56 Å². The first kappa shape index (κ1) is 27.7. The molecule has 10 nitrogen and oxygen atoms in total. The zero-order chi connectivity index (χ0) is 26.5. The van der Waals surface area contributed by atoms with Crippen molar-refractivity contribution in [1.29, 1.82) is 0 Å². The molecule has 3 aromatic rings. The van der Waals surface area contributed by atoms with Crippen molar-refractivity contribution in [2.45, 2.75) is 45.0 Å². The van der Waals surface area contributed by atoms with Crippen LogP contribution in [-0.4, -0.2) is 47.5 Å². The highest BCUT2D eigenvalue weighted by Gasteiger charge is 2.26. The quantitative estimate of drug-likeness (QED) is 0.364. The van der Waals surface area contributed by atoms with Crippen LogP contribution in [-0.2, 0) is 27.1 Å². The highest BCUT2D eigenvalue weighted by atomic mass is 79.9. The first-order chi connectivity index (χ1) is 17.0. The minimum atomic E-state index is -1.45. The van der Waals surface area contributed by atoms with Crippen molar-refractivity contribution in [1.82, 2.24) is 24.1 Å². The van der Waals surface area contributed by atoms with Crippen molar-refractivity contribution in [2.75, 3.05) is 13.2 Å². The SMILES string of the molecule is CCOC(=O)Cn1cnc(OC[C@H](NS(=O)C(C)(C)C)c2cnn(-c3ccc(F)cc3)c2)c(Br)c1=O. The smallest absolute Gasteiger partial charge is 0.326 e. The standard InChI is InChI=1S/C23H27BrFN5O5S/c1-5-34-19(31)12-29-14-26-21(20(24)22(29)32)35-13-18(28-36(33)23(2,3)4)15-10-27-30(11-15)17-8-6-16(25)7-9-17/h6-11,14,18,28H,5,12-13H2,1-4H3/t18-,36?/m0/s1. The van der Waals surface area contributed by atoms with Crippen LogP contribution in [0.4, 0.5) is 4.39 Å². The Kier molecular flexibility index (Phi) is 9.14. The molecule has 3 rings (SSSR count). The Hall–Kier alpha value is -2.90. The highest BCUT2D eigenvalue weighted by Crippen LogP contribution is 2.22. The van der Waals surface area contributed by atoms with E-state index < -0.39 is 33.3 Å². The van der Waals surface area contributed by atoms with E-state index in [2.05, 4.69) is 30.7 Å². The number of nitrogens with one attached hydrogen (secondary N) is 1. The van der Waals surface area contributed by atoms with Crippen molar-refractivity contribution >= 4 is 32.9 Å². The predicted octanol–water partition coefficient (Wildman–Crippen LogP) is 3.07. The Bertz CT molecular complexity index is 1290. The fraction of sp³-hybridized carbons (Fsp3) is 0.391. The fourth-order valence-electron chi connectivity index (χ4n) is 2.93. The molecule has 2 atom stereocenters. The van der Waals surface area contributed by atoms with Gasteiger partial charge in [-0.15, -0.1) is 0 Å². The molecule has 0 spiro atoms. The lowest BCUT2D eigenvalue weighted by Gasteiger charge is -2.23. The van der Waals surface area contributed by atoms with Gasteiger partial charge in [0.1, 0.15) is 29.8 Å². The lowest BCUT2D eigenvalue weighted by atomic mass is 10.2. The summed E-state index contributed by atoms with van der Waals surface area (Å²) in [6, 6.07) is 5.25. The van der Waals surface area contributed by atoms with Crippen molar-refractivity contribution in [3.05, 3.63) is 69.2 Å². The van der Waals surface area contributed by atoms with Crippen LogP contribution >= 0.6 is 15.9 Å². The molecule has 13 heteroatoms. The normalized spacial score (nSPS) is 13.3. The fourth-order valence-corrected chi connectivity index (χ4v) is 4.19. The number of aromatic nitrogens is 4. The molecule has 2 aromatic heterocycles. The van der Waals surface area contributed by atoms with Gasteiger partial charge in [0.2, 0.25) is 5.88 Å². The number of halogens is 2. The largest absolute Gasteiger partial charge is 0.475 e. The molecule has 1 unspecified atom stereocenters. The number of esters is 1. The van der Waals surface area contributed by atoms with Gasteiger partial charge in [-0.2, -0.15) is 5.10 Å². The first-order valence-corrected chi connectivity index (χ1v) is 13.0. The number of carbonyl (C=O) groups excluding carboxylic acids is 1. The lowest BCUT2D eigenvalue weighted by Crippen LogP contribution is -2.38. The number of ether oxygens (including phenoxy) is 2. The van der Waals surface area contributed by atoms with Gasteiger partial charge in [-0.3, -0.25) is 14.2 Å². The second-order valence-electron chi connectivity index (χ2n) is 8.66. The van der Waals surface area contributed by atoms with E-state index >= 15 is 0 Å². The van der Waals surface area contributed by atoms with Crippen LogP contribution in [0.15, 0.2) is 52.3 Å². The summed E-state index contributed by atoms with van der Waals surface area (Å²) in [5.41, 5.74) is 0.789. The molecule has 0 amide bonds. The predicted molar refractivity (Wildman–Crippen MR) is 136 cm³/mol. The monoisotopic (exact) mass is 583 g/mol. The van der Waals surface area contributed by atoms with Crippen LogP contribution in [0.25, 0.3) is 5.69 Å². The third kappa shape index (κ3) is 7.08. The van der Waals surface area contributed by atoms with E-state index in [-0.39, 0.29) is 35.9 Å². The summed E-state index contributed by atoms with van der Waals surface area (Å²) in [6.07, 6.45) is 4.50. The molecule has 1 aromatic carbocycles. The molecule has 36 heavy (non-hydrogen) atoms. The first-order valence-electron chi connectivity index (χ1n) is 11.0.